The van der Waals surface area contributed by atoms with Gasteiger partial charge in [0.1, 0.15) is 0 Å². The monoisotopic (exact) mass is 284 g/mol. The number of hydrogen-bond donors (Lipinski definition) is 0. The Morgan fingerprint density at radius 3 is 1.73 bits per heavy atom. The molecule has 0 aromatic heterocycles. The molecule has 0 spiro atoms. The van der Waals surface area contributed by atoms with E-state index in [0.717, 1.165) is 0 Å². The van der Waals surface area contributed by atoms with Crippen LogP contribution in [0.25, 0.3) is 0 Å². The second kappa shape index (κ2) is 10.9. The van der Waals surface area contributed by atoms with Gasteiger partial charge in [-0.3, -0.25) is 0 Å². The average Bonchev–Trinajstić information content (AvgIpc) is 1.90. The van der Waals surface area contributed by atoms with Crippen molar-refractivity contribution in [2.75, 3.05) is 0 Å². The van der Waals surface area contributed by atoms with Crippen LogP contribution in [0.1, 0.15) is 0 Å². The van der Waals surface area contributed by atoms with E-state index in [4.69, 9.17) is 0 Å². The second-order valence-electron chi connectivity index (χ2n) is 1.62. The van der Waals surface area contributed by atoms with Crippen molar-refractivity contribution < 1.29 is 48.0 Å². The molecule has 0 aliphatic carbocycles. The molecule has 0 radical (unpaired) electrons. The molecule has 0 atom stereocenters. The van der Waals surface area contributed by atoms with E-state index in [0.29, 0.717) is 0 Å². The summed E-state index contributed by atoms with van der Waals surface area (Å²) in [5, 5.41) is 0. The van der Waals surface area contributed by atoms with Crippen molar-refractivity contribution in [3.05, 3.63) is 30.3 Å². The van der Waals surface area contributed by atoms with Crippen molar-refractivity contribution in [1.82, 2.24) is 0 Å². The normalized spacial score (nSPS) is 5.91. The van der Waals surface area contributed by atoms with E-state index in [2.05, 4.69) is 35.0 Å². The van der Waals surface area contributed by atoms with Crippen LogP contribution in [0.15, 0.2) is 30.3 Å². The van der Waals surface area contributed by atoms with Crippen LogP contribution in [0, 0.1) is 0 Å². The van der Waals surface area contributed by atoms with E-state index in [1.165, 1.54) is 0 Å². The molecule has 4 heteroatoms. The van der Waals surface area contributed by atoms with Crippen molar-refractivity contribution in [2.24, 2.45) is 0 Å². The van der Waals surface area contributed by atoms with Crippen molar-refractivity contribution in [3.63, 3.8) is 0 Å². The van der Waals surface area contributed by atoms with Crippen LogP contribution in [0.2, 0.25) is 4.63 Å². The summed E-state index contributed by atoms with van der Waals surface area (Å²) in [6.07, 6.45) is 0. The molecule has 0 aliphatic rings. The predicted molar refractivity (Wildman–Crippen MR) is 43.3 cm³/mol. The maximum atomic E-state index is 2.33. The zero-order chi connectivity index (χ0) is 5.82. The van der Waals surface area contributed by atoms with E-state index >= 15 is 0 Å². The Labute approximate surface area is 96.6 Å². The average molecular weight is 286 g/mol. The molecule has 0 bridgehead atoms. The van der Waals surface area contributed by atoms with Gasteiger partial charge in [-0.1, -0.05) is 0 Å². The fraction of sp³-hybridized carbons (Fsp3) is 0.143. The predicted octanol–water partition coefficient (Wildman–Crippen LogP) is -6.00. The third kappa shape index (κ3) is 7.27. The number of benzene rings is 1. The molecule has 0 amide bonds. The van der Waals surface area contributed by atoms with Crippen LogP contribution in [0.5, 0.6) is 0 Å². The summed E-state index contributed by atoms with van der Waals surface area (Å²) in [4.78, 5) is 0. The van der Waals surface area contributed by atoms with Crippen LogP contribution in [-0.4, -0.2) is 11.0 Å². The van der Waals surface area contributed by atoms with Gasteiger partial charge in [-0.2, -0.15) is 0 Å². The van der Waals surface area contributed by atoms with Crippen molar-refractivity contribution >= 4 is 14.2 Å². The first-order valence-electron chi connectivity index (χ1n) is 2.66. The molecule has 1 aromatic carbocycles. The Bertz CT molecular complexity index is 158. The zero-order valence-corrected chi connectivity index (χ0v) is 9.61. The molecule has 0 fully saturated rings. The third-order valence-electron chi connectivity index (χ3n) is 1.06. The van der Waals surface area contributed by atoms with E-state index in [1.54, 1.807) is 3.27 Å². The van der Waals surface area contributed by atoms with Crippen LogP contribution >= 0.6 is 0 Å². The minimum absolute atomic E-state index is 0. The molecule has 0 saturated heterocycles. The molecule has 0 N–H and O–H groups in total. The Morgan fingerprint density at radius 2 is 1.45 bits per heavy atom. The maximum Gasteiger partial charge on any atom is -0.0149 e. The molecule has 62 valence electrons. The quantitative estimate of drug-likeness (QED) is 0.451. The first-order chi connectivity index (χ1) is 3.93. The fourth-order valence-electron chi connectivity index (χ4n) is 0.605. The van der Waals surface area contributed by atoms with Gasteiger partial charge in [-0.05, 0) is 11.0 Å². The number of halogens is 2. The van der Waals surface area contributed by atoms with Crippen LogP contribution in [0.3, 0.4) is 0 Å². The molecule has 11 heavy (non-hydrogen) atoms. The van der Waals surface area contributed by atoms with Gasteiger partial charge in [0.05, 0.1) is 0 Å². The first kappa shape index (κ1) is 17.8. The molecule has 1 rings (SSSR count). The van der Waals surface area contributed by atoms with Crippen molar-refractivity contribution in [3.8, 4) is 0 Å². The number of rotatable bonds is 1. The Morgan fingerprint density at radius 1 is 1.00 bits per heavy atom. The molecule has 0 nitrogen and oxygen atoms in total. The van der Waals surface area contributed by atoms with Crippen molar-refractivity contribution in [1.29, 1.82) is 0 Å². The molecular weight excluding hydrogens is 274 g/mol. The van der Waals surface area contributed by atoms with Crippen molar-refractivity contribution in [2.45, 2.75) is 4.63 Å². The first-order valence-corrected chi connectivity index (χ1v) is 6.35. The van der Waals surface area contributed by atoms with Gasteiger partial charge in [-0.25, -0.2) is 0 Å². The van der Waals surface area contributed by atoms with Crippen LogP contribution < -0.4 is 28.1 Å². The number of hydrogen-bond acceptors (Lipinski definition) is 0. The van der Waals surface area contributed by atoms with Gasteiger partial charge in [0.2, 0.25) is 0 Å². The van der Waals surface area contributed by atoms with Gasteiger partial charge in [0.15, 0.2) is 0 Å². The van der Waals surface area contributed by atoms with Gasteiger partial charge < -0.3 is 24.8 Å². The molecule has 1 aromatic rings. The Hall–Kier alpha value is 0.900. The fourth-order valence-corrected chi connectivity index (χ4v) is 1.90. The summed E-state index contributed by atoms with van der Waals surface area (Å²) < 4.78 is 3.91. The molecule has 0 aliphatic heterocycles. The van der Waals surface area contributed by atoms with Gasteiger partial charge in [-0.15, -0.1) is 0 Å². The van der Waals surface area contributed by atoms with Gasteiger partial charge >= 0.3 is 61.5 Å². The summed E-state index contributed by atoms with van der Waals surface area (Å²) >= 11 is -0.144. The SMILES string of the molecule is [CH3][Zr+2][c]1ccccc1.[Cl-].[Cl-].[SiH4]. The minimum Gasteiger partial charge on any atom is -1.00 e. The zero-order valence-electron chi connectivity index (χ0n) is 5.64. The summed E-state index contributed by atoms with van der Waals surface area (Å²) in [6.45, 7) is 0. The van der Waals surface area contributed by atoms with E-state index < -0.39 is 0 Å². The van der Waals surface area contributed by atoms with Crippen LogP contribution in [0.4, 0.5) is 0 Å². The summed E-state index contributed by atoms with van der Waals surface area (Å²) in [7, 11) is 0. The Kier molecular flexibility index (Phi) is 17.7. The smallest absolute Gasteiger partial charge is 0.0149 e. The molecular formula is C7H12Cl2SiZr. The third-order valence-corrected chi connectivity index (χ3v) is 3.30. The maximum absolute atomic E-state index is 2.33. The van der Waals surface area contributed by atoms with E-state index in [-0.39, 0.29) is 59.0 Å². The topological polar surface area (TPSA) is 0 Å². The van der Waals surface area contributed by atoms with E-state index in [1.807, 2.05) is 0 Å². The standard InChI is InChI=1S/C6H5.CH3.2ClH.H4Si.Zr/c1-2-4-6-5-3-1;;;;;/h1-5H;1H3;2*1H;1H4;/q;;;;;+2/p-2. The largest absolute Gasteiger partial charge is 1.00 e. The molecule has 0 saturated carbocycles. The Balaban J connectivity index is -0.000000213. The summed E-state index contributed by atoms with van der Waals surface area (Å²) in [6, 6.07) is 10.7. The van der Waals surface area contributed by atoms with Crippen LogP contribution in [-0.2, 0) is 23.2 Å². The summed E-state index contributed by atoms with van der Waals surface area (Å²) in [5.41, 5.74) is 0. The van der Waals surface area contributed by atoms with Gasteiger partial charge in [0, 0.05) is 0 Å². The molecule has 0 unspecified atom stereocenters. The second-order valence-corrected chi connectivity index (χ2v) is 4.26. The summed E-state index contributed by atoms with van der Waals surface area (Å²) in [5.74, 6) is 0. The minimum atomic E-state index is -0.144. The van der Waals surface area contributed by atoms with E-state index in [9.17, 15) is 0 Å². The van der Waals surface area contributed by atoms with Gasteiger partial charge in [0.25, 0.3) is 0 Å². The molecule has 0 heterocycles.